The topological polar surface area (TPSA) is 49.4 Å². The van der Waals surface area contributed by atoms with Crippen LogP contribution in [0.25, 0.3) is 0 Å². The molecule has 17 heavy (non-hydrogen) atoms. The number of hydrogen-bond donors (Lipinski definition) is 1. The van der Waals surface area contributed by atoms with Crippen LogP contribution < -0.4 is 5.32 Å². The van der Waals surface area contributed by atoms with E-state index in [1.165, 1.54) is 4.90 Å². The quantitative estimate of drug-likeness (QED) is 0.626. The van der Waals surface area contributed by atoms with Crippen molar-refractivity contribution in [3.05, 3.63) is 0 Å². The van der Waals surface area contributed by atoms with Gasteiger partial charge in [0.1, 0.15) is 5.54 Å². The normalized spacial score (nSPS) is 26.6. The molecule has 2 unspecified atom stereocenters. The molecular weight excluding hydrogens is 284 g/mol. The fourth-order valence-electron chi connectivity index (χ4n) is 1.82. The second kappa shape index (κ2) is 5.38. The van der Waals surface area contributed by atoms with E-state index in [0.717, 1.165) is 5.33 Å². The number of carbonyl (C=O) groups is 2. The lowest BCUT2D eigenvalue weighted by Gasteiger charge is -2.24. The molecule has 1 N–H and O–H groups in total. The maximum absolute atomic E-state index is 12.2. The number of nitrogens with one attached hydrogen (secondary N) is 1. The first-order chi connectivity index (χ1) is 7.85. The van der Waals surface area contributed by atoms with E-state index in [1.807, 2.05) is 6.92 Å². The molecule has 1 heterocycles. The average Bonchev–Trinajstić information content (AvgIpc) is 2.48. The monoisotopic (exact) mass is 304 g/mol. The number of carbonyl (C=O) groups excluding carboxylic acids is 2. The van der Waals surface area contributed by atoms with Gasteiger partial charge in [-0.3, -0.25) is 9.69 Å². The van der Waals surface area contributed by atoms with Gasteiger partial charge in [-0.05, 0) is 25.2 Å². The van der Waals surface area contributed by atoms with Gasteiger partial charge < -0.3 is 5.32 Å². The lowest BCUT2D eigenvalue weighted by atomic mass is 9.96. The first-order valence-electron chi connectivity index (χ1n) is 6.05. The van der Waals surface area contributed by atoms with E-state index in [9.17, 15) is 9.59 Å². The van der Waals surface area contributed by atoms with Crippen LogP contribution >= 0.6 is 15.9 Å². The number of halogens is 1. The predicted octanol–water partition coefficient (Wildman–Crippen LogP) is 2.37. The van der Waals surface area contributed by atoms with E-state index in [1.54, 1.807) is 6.92 Å². The lowest BCUT2D eigenvalue weighted by molar-refractivity contribution is -0.131. The Morgan fingerprint density at radius 3 is 2.35 bits per heavy atom. The molecule has 2 atom stereocenters. The van der Waals surface area contributed by atoms with Crippen molar-refractivity contribution in [1.29, 1.82) is 0 Å². The van der Waals surface area contributed by atoms with Crippen molar-refractivity contribution in [1.82, 2.24) is 10.2 Å². The summed E-state index contributed by atoms with van der Waals surface area (Å²) in [6.45, 7) is 8.38. The molecule has 0 aromatic rings. The zero-order valence-corrected chi connectivity index (χ0v) is 12.5. The molecule has 0 radical (unpaired) electrons. The van der Waals surface area contributed by atoms with Crippen molar-refractivity contribution >= 4 is 27.9 Å². The Balaban J connectivity index is 2.79. The number of amides is 3. The van der Waals surface area contributed by atoms with Gasteiger partial charge in [0.2, 0.25) is 0 Å². The fraction of sp³-hybridized carbons (Fsp3) is 0.833. The number of urea groups is 1. The summed E-state index contributed by atoms with van der Waals surface area (Å²) in [7, 11) is 0. The third kappa shape index (κ3) is 2.81. The SMILES string of the molecule is CCC1(C)NC(=O)N(CC(CBr)C(C)C)C1=O. The average molecular weight is 305 g/mol. The van der Waals surface area contributed by atoms with Gasteiger partial charge in [0.05, 0.1) is 0 Å². The van der Waals surface area contributed by atoms with E-state index in [4.69, 9.17) is 0 Å². The van der Waals surface area contributed by atoms with Crippen LogP contribution in [0.3, 0.4) is 0 Å². The largest absolute Gasteiger partial charge is 0.325 e. The van der Waals surface area contributed by atoms with Crippen molar-refractivity contribution in [2.24, 2.45) is 11.8 Å². The van der Waals surface area contributed by atoms with Crippen molar-refractivity contribution in [2.45, 2.75) is 39.7 Å². The summed E-state index contributed by atoms with van der Waals surface area (Å²) in [4.78, 5) is 25.3. The summed E-state index contributed by atoms with van der Waals surface area (Å²) in [6, 6.07) is -0.258. The highest BCUT2D eigenvalue weighted by Gasteiger charge is 2.46. The van der Waals surface area contributed by atoms with Gasteiger partial charge in [0.15, 0.2) is 0 Å². The number of nitrogens with zero attached hydrogens (tertiary/aromatic N) is 1. The van der Waals surface area contributed by atoms with Gasteiger partial charge in [0, 0.05) is 11.9 Å². The third-order valence-corrected chi connectivity index (χ3v) is 4.44. The fourth-order valence-corrected chi connectivity index (χ4v) is 2.78. The molecule has 3 amide bonds. The summed E-state index contributed by atoms with van der Waals surface area (Å²) in [5, 5.41) is 3.57. The van der Waals surface area contributed by atoms with Crippen LogP contribution in [-0.2, 0) is 4.79 Å². The second-order valence-corrected chi connectivity index (χ2v) is 5.84. The highest BCUT2D eigenvalue weighted by atomic mass is 79.9. The maximum Gasteiger partial charge on any atom is 0.325 e. The number of alkyl halides is 1. The molecule has 0 spiro atoms. The number of hydrogen-bond acceptors (Lipinski definition) is 2. The summed E-state index contributed by atoms with van der Waals surface area (Å²) in [6.07, 6.45) is 0.620. The summed E-state index contributed by atoms with van der Waals surface area (Å²) >= 11 is 3.44. The van der Waals surface area contributed by atoms with E-state index in [0.29, 0.717) is 24.8 Å². The molecule has 1 fully saturated rings. The van der Waals surface area contributed by atoms with Gasteiger partial charge in [0.25, 0.3) is 5.91 Å². The minimum Gasteiger partial charge on any atom is -0.323 e. The molecule has 0 aromatic heterocycles. The molecular formula is C12H21BrN2O2. The Morgan fingerprint density at radius 1 is 1.41 bits per heavy atom. The van der Waals surface area contributed by atoms with Crippen molar-refractivity contribution < 1.29 is 9.59 Å². The molecule has 0 aliphatic carbocycles. The Hall–Kier alpha value is -0.580. The van der Waals surface area contributed by atoms with Crippen LogP contribution in [0.1, 0.15) is 34.1 Å². The van der Waals surface area contributed by atoms with Crippen molar-refractivity contribution in [3.8, 4) is 0 Å². The lowest BCUT2D eigenvalue weighted by Crippen LogP contribution is -2.43. The molecule has 1 saturated heterocycles. The van der Waals surface area contributed by atoms with Crippen LogP contribution in [0.15, 0.2) is 0 Å². The van der Waals surface area contributed by atoms with E-state index < -0.39 is 5.54 Å². The van der Waals surface area contributed by atoms with Gasteiger partial charge in [-0.2, -0.15) is 0 Å². The van der Waals surface area contributed by atoms with Crippen LogP contribution in [0.2, 0.25) is 0 Å². The van der Waals surface area contributed by atoms with Crippen LogP contribution in [0.5, 0.6) is 0 Å². The Labute approximate surface area is 111 Å². The first-order valence-corrected chi connectivity index (χ1v) is 7.18. The molecule has 0 saturated carbocycles. The first kappa shape index (κ1) is 14.5. The van der Waals surface area contributed by atoms with Gasteiger partial charge in [-0.15, -0.1) is 0 Å². The van der Waals surface area contributed by atoms with Crippen molar-refractivity contribution in [2.75, 3.05) is 11.9 Å². The van der Waals surface area contributed by atoms with Gasteiger partial charge >= 0.3 is 6.03 Å². The van der Waals surface area contributed by atoms with E-state index in [-0.39, 0.29) is 11.9 Å². The van der Waals surface area contributed by atoms with E-state index in [2.05, 4.69) is 35.1 Å². The van der Waals surface area contributed by atoms with Crippen LogP contribution in [0.4, 0.5) is 4.79 Å². The van der Waals surface area contributed by atoms with Gasteiger partial charge in [-0.1, -0.05) is 36.7 Å². The van der Waals surface area contributed by atoms with E-state index >= 15 is 0 Å². The standard InChI is InChI=1S/C12H21BrN2O2/c1-5-12(4)10(16)15(11(17)14-12)7-9(6-13)8(2)3/h8-9H,5-7H2,1-4H3,(H,14,17). The Morgan fingerprint density at radius 2 is 2.00 bits per heavy atom. The minimum atomic E-state index is -0.717. The molecule has 1 aliphatic heterocycles. The highest BCUT2D eigenvalue weighted by Crippen LogP contribution is 2.24. The Kier molecular flexibility index (Phi) is 4.58. The Bertz CT molecular complexity index is 320. The molecule has 0 bridgehead atoms. The summed E-state index contributed by atoms with van der Waals surface area (Å²) in [5.41, 5.74) is -0.717. The molecule has 5 heteroatoms. The predicted molar refractivity (Wildman–Crippen MR) is 71.1 cm³/mol. The maximum atomic E-state index is 12.2. The highest BCUT2D eigenvalue weighted by molar-refractivity contribution is 9.09. The van der Waals surface area contributed by atoms with Crippen LogP contribution in [-0.4, -0.2) is 34.3 Å². The third-order valence-electron chi connectivity index (χ3n) is 3.61. The zero-order chi connectivity index (χ0) is 13.2. The molecule has 1 rings (SSSR count). The van der Waals surface area contributed by atoms with Crippen LogP contribution in [0, 0.1) is 11.8 Å². The van der Waals surface area contributed by atoms with Crippen molar-refractivity contribution in [3.63, 3.8) is 0 Å². The smallest absolute Gasteiger partial charge is 0.323 e. The molecule has 0 aromatic carbocycles. The molecule has 4 nitrogen and oxygen atoms in total. The molecule has 98 valence electrons. The second-order valence-electron chi connectivity index (χ2n) is 5.19. The summed E-state index contributed by atoms with van der Waals surface area (Å²) < 4.78 is 0. The zero-order valence-electron chi connectivity index (χ0n) is 10.9. The van der Waals surface area contributed by atoms with Gasteiger partial charge in [-0.25, -0.2) is 4.79 Å². The molecule has 1 aliphatic rings. The number of rotatable bonds is 5. The summed E-state index contributed by atoms with van der Waals surface area (Å²) in [5.74, 6) is 0.629. The minimum absolute atomic E-state index is 0.100. The number of imide groups is 1.